The maximum absolute atomic E-state index is 12.9. The molecule has 0 spiro atoms. The van der Waals surface area contributed by atoms with Crippen LogP contribution in [0.4, 0.5) is 18.9 Å². The Morgan fingerprint density at radius 3 is 2.26 bits per heavy atom. The molecule has 0 saturated carbocycles. The second-order valence-electron chi connectivity index (χ2n) is 4.68. The van der Waals surface area contributed by atoms with Gasteiger partial charge in [-0.1, -0.05) is 42.5 Å². The molecule has 2 rings (SSSR count). The van der Waals surface area contributed by atoms with Crippen LogP contribution in [-0.4, -0.2) is 13.0 Å². The maximum Gasteiger partial charge on any atom is 0.418 e. The second kappa shape index (κ2) is 7.15. The summed E-state index contributed by atoms with van der Waals surface area (Å²) >= 11 is 0. The average molecular weight is 324 g/mol. The van der Waals surface area contributed by atoms with E-state index >= 15 is 0 Å². The molecule has 0 aliphatic rings. The zero-order chi connectivity index (χ0) is 16.9. The summed E-state index contributed by atoms with van der Waals surface area (Å²) in [6.07, 6.45) is -5.45. The Kier molecular flexibility index (Phi) is 5.23. The predicted octanol–water partition coefficient (Wildman–Crippen LogP) is 3.54. The van der Waals surface area contributed by atoms with E-state index in [0.29, 0.717) is 5.56 Å². The minimum atomic E-state index is -4.52. The fourth-order valence-electron chi connectivity index (χ4n) is 2.06. The van der Waals surface area contributed by atoms with Gasteiger partial charge >= 0.3 is 6.18 Å². The van der Waals surface area contributed by atoms with Crippen LogP contribution in [0.2, 0.25) is 0 Å². The molecule has 2 N–H and O–H groups in total. The number of para-hydroxylation sites is 1. The molecule has 1 atom stereocenters. The SMILES string of the molecule is COC(C(=O)NNc1ccccc1C(F)(F)F)c1ccccc1. The highest BCUT2D eigenvalue weighted by Gasteiger charge is 2.33. The number of hydrogen-bond donors (Lipinski definition) is 2. The topological polar surface area (TPSA) is 50.4 Å². The maximum atomic E-state index is 12.9. The smallest absolute Gasteiger partial charge is 0.367 e. The van der Waals surface area contributed by atoms with Crippen molar-refractivity contribution in [3.63, 3.8) is 0 Å². The van der Waals surface area contributed by atoms with Crippen molar-refractivity contribution in [1.29, 1.82) is 0 Å². The van der Waals surface area contributed by atoms with Crippen LogP contribution in [0.25, 0.3) is 0 Å². The van der Waals surface area contributed by atoms with Crippen molar-refractivity contribution < 1.29 is 22.7 Å². The van der Waals surface area contributed by atoms with E-state index in [1.54, 1.807) is 30.3 Å². The number of nitrogens with one attached hydrogen (secondary N) is 2. The molecule has 122 valence electrons. The molecule has 7 heteroatoms. The monoisotopic (exact) mass is 324 g/mol. The molecule has 1 amide bonds. The van der Waals surface area contributed by atoms with Crippen molar-refractivity contribution in [1.82, 2.24) is 5.43 Å². The molecule has 1 unspecified atom stereocenters. The predicted molar refractivity (Wildman–Crippen MR) is 79.4 cm³/mol. The standard InChI is InChI=1S/C16H15F3N2O2/c1-23-14(11-7-3-2-4-8-11)15(22)21-20-13-10-6-5-9-12(13)16(17,18)19/h2-10,14,20H,1H3,(H,21,22). The highest BCUT2D eigenvalue weighted by molar-refractivity contribution is 5.83. The summed E-state index contributed by atoms with van der Waals surface area (Å²) in [7, 11) is 1.35. The number of amides is 1. The van der Waals surface area contributed by atoms with Crippen LogP contribution < -0.4 is 10.9 Å². The number of anilines is 1. The number of ether oxygens (including phenoxy) is 1. The highest BCUT2D eigenvalue weighted by atomic mass is 19.4. The summed E-state index contributed by atoms with van der Waals surface area (Å²) in [5.74, 6) is -0.601. The molecular weight excluding hydrogens is 309 g/mol. The number of hydrogen-bond acceptors (Lipinski definition) is 3. The lowest BCUT2D eigenvalue weighted by Gasteiger charge is -2.18. The van der Waals surface area contributed by atoms with Gasteiger partial charge in [-0.05, 0) is 17.7 Å². The van der Waals surface area contributed by atoms with Crippen molar-refractivity contribution in [2.24, 2.45) is 0 Å². The van der Waals surface area contributed by atoms with E-state index in [1.807, 2.05) is 0 Å². The number of methoxy groups -OCH3 is 1. The molecule has 0 aliphatic heterocycles. The number of benzene rings is 2. The summed E-state index contributed by atoms with van der Waals surface area (Å²) in [6.45, 7) is 0. The molecule has 0 radical (unpaired) electrons. The minimum Gasteiger partial charge on any atom is -0.367 e. The average Bonchev–Trinajstić information content (AvgIpc) is 2.54. The van der Waals surface area contributed by atoms with Crippen molar-refractivity contribution in [2.75, 3.05) is 12.5 Å². The van der Waals surface area contributed by atoms with E-state index in [2.05, 4.69) is 10.9 Å². The molecule has 0 bridgehead atoms. The number of rotatable bonds is 5. The van der Waals surface area contributed by atoms with E-state index < -0.39 is 23.8 Å². The third kappa shape index (κ3) is 4.23. The molecule has 2 aromatic carbocycles. The zero-order valence-electron chi connectivity index (χ0n) is 12.2. The summed E-state index contributed by atoms with van der Waals surface area (Å²) in [6, 6.07) is 13.5. The fraction of sp³-hybridized carbons (Fsp3) is 0.188. The van der Waals surface area contributed by atoms with Crippen molar-refractivity contribution in [3.8, 4) is 0 Å². The third-order valence-electron chi connectivity index (χ3n) is 3.13. The molecule has 0 aromatic heterocycles. The number of carbonyl (C=O) groups is 1. The molecule has 0 heterocycles. The molecule has 2 aromatic rings. The molecule has 23 heavy (non-hydrogen) atoms. The van der Waals surface area contributed by atoms with Gasteiger partial charge in [0, 0.05) is 7.11 Å². The zero-order valence-corrected chi connectivity index (χ0v) is 12.2. The van der Waals surface area contributed by atoms with Crippen LogP contribution in [-0.2, 0) is 15.7 Å². The molecule has 0 saturated heterocycles. The van der Waals surface area contributed by atoms with Gasteiger partial charge in [-0.15, -0.1) is 0 Å². The normalized spacial score (nSPS) is 12.5. The van der Waals surface area contributed by atoms with Gasteiger partial charge in [0.25, 0.3) is 5.91 Å². The molecular formula is C16H15F3N2O2. The van der Waals surface area contributed by atoms with E-state index in [-0.39, 0.29) is 5.69 Å². The van der Waals surface area contributed by atoms with Gasteiger partial charge in [0.2, 0.25) is 0 Å². The lowest BCUT2D eigenvalue weighted by Crippen LogP contribution is -2.35. The first-order valence-corrected chi connectivity index (χ1v) is 6.73. The summed E-state index contributed by atoms with van der Waals surface area (Å²) in [5, 5.41) is 0. The van der Waals surface area contributed by atoms with Crippen LogP contribution in [0.3, 0.4) is 0 Å². The van der Waals surface area contributed by atoms with Gasteiger partial charge in [0.15, 0.2) is 6.10 Å². The Morgan fingerprint density at radius 2 is 1.65 bits per heavy atom. The summed E-state index contributed by atoms with van der Waals surface area (Å²) in [5.41, 5.74) is 4.04. The Bertz CT molecular complexity index is 660. The van der Waals surface area contributed by atoms with Crippen LogP contribution in [0.5, 0.6) is 0 Å². The Balaban J connectivity index is 2.10. The van der Waals surface area contributed by atoms with Gasteiger partial charge in [0.1, 0.15) is 0 Å². The minimum absolute atomic E-state index is 0.240. The first-order valence-electron chi connectivity index (χ1n) is 6.73. The Hall–Kier alpha value is -2.54. The fourth-order valence-corrected chi connectivity index (χ4v) is 2.06. The van der Waals surface area contributed by atoms with Crippen LogP contribution >= 0.6 is 0 Å². The lowest BCUT2D eigenvalue weighted by atomic mass is 10.1. The van der Waals surface area contributed by atoms with Gasteiger partial charge in [-0.2, -0.15) is 13.2 Å². The quantitative estimate of drug-likeness (QED) is 0.827. The molecule has 0 fully saturated rings. The number of hydrazine groups is 1. The van der Waals surface area contributed by atoms with Crippen LogP contribution in [0.15, 0.2) is 54.6 Å². The van der Waals surface area contributed by atoms with Crippen LogP contribution in [0, 0.1) is 0 Å². The van der Waals surface area contributed by atoms with E-state index in [1.165, 1.54) is 25.3 Å². The van der Waals surface area contributed by atoms with Crippen molar-refractivity contribution in [3.05, 3.63) is 65.7 Å². The largest absolute Gasteiger partial charge is 0.418 e. The van der Waals surface area contributed by atoms with Gasteiger partial charge < -0.3 is 4.74 Å². The summed E-state index contributed by atoms with van der Waals surface area (Å²) in [4.78, 5) is 12.1. The van der Waals surface area contributed by atoms with E-state index in [9.17, 15) is 18.0 Å². The Labute approximate surface area is 131 Å². The third-order valence-corrected chi connectivity index (χ3v) is 3.13. The van der Waals surface area contributed by atoms with Gasteiger partial charge in [-0.25, -0.2) is 0 Å². The highest BCUT2D eigenvalue weighted by Crippen LogP contribution is 2.34. The van der Waals surface area contributed by atoms with Gasteiger partial charge in [0.05, 0.1) is 11.3 Å². The molecule has 0 aliphatic carbocycles. The van der Waals surface area contributed by atoms with Gasteiger partial charge in [-0.3, -0.25) is 15.6 Å². The molecule has 4 nitrogen and oxygen atoms in total. The van der Waals surface area contributed by atoms with Crippen molar-refractivity contribution in [2.45, 2.75) is 12.3 Å². The summed E-state index contributed by atoms with van der Waals surface area (Å²) < 4.78 is 43.8. The Morgan fingerprint density at radius 1 is 1.04 bits per heavy atom. The number of halogens is 3. The van der Waals surface area contributed by atoms with Crippen molar-refractivity contribution >= 4 is 11.6 Å². The lowest BCUT2D eigenvalue weighted by molar-refractivity contribution is -0.137. The van der Waals surface area contributed by atoms with E-state index in [0.717, 1.165) is 6.07 Å². The van der Waals surface area contributed by atoms with E-state index in [4.69, 9.17) is 4.74 Å². The number of carbonyl (C=O) groups excluding carboxylic acids is 1. The first-order chi connectivity index (χ1) is 10.9. The number of alkyl halides is 3. The second-order valence-corrected chi connectivity index (χ2v) is 4.68. The van der Waals surface area contributed by atoms with Crippen LogP contribution in [0.1, 0.15) is 17.2 Å². The first kappa shape index (κ1) is 16.8.